The Labute approximate surface area is 190 Å². The van der Waals surface area contributed by atoms with Crippen molar-refractivity contribution in [1.29, 1.82) is 0 Å². The van der Waals surface area contributed by atoms with Crippen LogP contribution in [0.5, 0.6) is 0 Å². The van der Waals surface area contributed by atoms with Crippen LogP contribution in [0.4, 0.5) is 0 Å². The number of hydrogen-bond acceptors (Lipinski definition) is 5. The number of aromatic carboxylic acids is 1. The van der Waals surface area contributed by atoms with Gasteiger partial charge in [0.15, 0.2) is 0 Å². The van der Waals surface area contributed by atoms with E-state index in [1.807, 2.05) is 72.8 Å². The van der Waals surface area contributed by atoms with E-state index in [1.54, 1.807) is 24.5 Å². The molecule has 5 rings (SSSR count). The Hall–Kier alpha value is -4.71. The summed E-state index contributed by atoms with van der Waals surface area (Å²) in [5.74, 6) is -1.05. The molecule has 0 saturated carbocycles. The predicted molar refractivity (Wildman–Crippen MR) is 126 cm³/mol. The van der Waals surface area contributed by atoms with Crippen molar-refractivity contribution in [3.63, 3.8) is 0 Å². The van der Waals surface area contributed by atoms with E-state index < -0.39 is 5.97 Å². The smallest absolute Gasteiger partial charge is 0.354 e. The Morgan fingerprint density at radius 1 is 0.545 bits per heavy atom. The van der Waals surface area contributed by atoms with Crippen molar-refractivity contribution in [2.24, 2.45) is 0 Å². The first-order chi connectivity index (χ1) is 16.2. The maximum atomic E-state index is 11.2. The van der Waals surface area contributed by atoms with E-state index in [4.69, 9.17) is 4.98 Å². The van der Waals surface area contributed by atoms with E-state index in [1.165, 1.54) is 6.07 Å². The van der Waals surface area contributed by atoms with E-state index in [9.17, 15) is 9.90 Å². The molecule has 0 amide bonds. The second-order valence-electron chi connectivity index (χ2n) is 7.35. The van der Waals surface area contributed by atoms with E-state index in [-0.39, 0.29) is 5.69 Å². The topological polar surface area (TPSA) is 88.9 Å². The van der Waals surface area contributed by atoms with Gasteiger partial charge in [-0.05, 0) is 59.7 Å². The number of hydrogen-bond donors (Lipinski definition) is 1. The highest BCUT2D eigenvalue weighted by Crippen LogP contribution is 2.30. The number of benzene rings is 1. The van der Waals surface area contributed by atoms with Gasteiger partial charge in [0.2, 0.25) is 0 Å². The molecular weight excluding hydrogens is 412 g/mol. The summed E-state index contributed by atoms with van der Waals surface area (Å²) in [5.41, 5.74) is 6.51. The zero-order chi connectivity index (χ0) is 22.6. The fourth-order valence-electron chi connectivity index (χ4n) is 3.54. The van der Waals surface area contributed by atoms with Crippen LogP contribution in [0.2, 0.25) is 0 Å². The van der Waals surface area contributed by atoms with Gasteiger partial charge in [0.25, 0.3) is 0 Å². The molecule has 0 aliphatic carbocycles. The highest BCUT2D eigenvalue weighted by Gasteiger charge is 2.11. The summed E-state index contributed by atoms with van der Waals surface area (Å²) in [7, 11) is 0. The summed E-state index contributed by atoms with van der Waals surface area (Å²) in [5, 5.41) is 9.21. The first-order valence-electron chi connectivity index (χ1n) is 10.3. The number of rotatable bonds is 5. The third kappa shape index (κ3) is 4.36. The molecule has 4 aromatic heterocycles. The summed E-state index contributed by atoms with van der Waals surface area (Å²) in [6.45, 7) is 0. The van der Waals surface area contributed by atoms with Crippen molar-refractivity contribution < 1.29 is 9.90 Å². The molecule has 6 nitrogen and oxygen atoms in total. The lowest BCUT2D eigenvalue weighted by molar-refractivity contribution is 0.0690. The van der Waals surface area contributed by atoms with Gasteiger partial charge in [-0.3, -0.25) is 9.97 Å². The highest BCUT2D eigenvalue weighted by atomic mass is 16.4. The molecule has 1 aromatic carbocycles. The summed E-state index contributed by atoms with van der Waals surface area (Å²) in [6, 6.07) is 28.3. The minimum absolute atomic E-state index is 0.0192. The second-order valence-corrected chi connectivity index (χ2v) is 7.35. The molecular formula is C27H18N4O2. The molecule has 1 N–H and O–H groups in total. The number of pyridine rings is 4. The minimum Gasteiger partial charge on any atom is -0.477 e. The number of aromatic nitrogens is 4. The van der Waals surface area contributed by atoms with Crippen LogP contribution in [-0.4, -0.2) is 31.0 Å². The molecule has 0 aliphatic rings. The fourth-order valence-corrected chi connectivity index (χ4v) is 3.54. The second kappa shape index (κ2) is 8.80. The zero-order valence-electron chi connectivity index (χ0n) is 17.5. The molecule has 0 radical (unpaired) electrons. The highest BCUT2D eigenvalue weighted by molar-refractivity contribution is 5.86. The monoisotopic (exact) mass is 430 g/mol. The molecule has 6 heteroatoms. The van der Waals surface area contributed by atoms with Crippen LogP contribution in [0.3, 0.4) is 0 Å². The lowest BCUT2D eigenvalue weighted by Crippen LogP contribution is -2.00. The maximum absolute atomic E-state index is 11.2. The molecule has 5 aromatic rings. The zero-order valence-corrected chi connectivity index (χ0v) is 17.5. The lowest BCUT2D eigenvalue weighted by Gasteiger charge is -2.10. The van der Waals surface area contributed by atoms with Crippen LogP contribution in [-0.2, 0) is 0 Å². The van der Waals surface area contributed by atoms with Crippen LogP contribution in [0, 0.1) is 0 Å². The standard InChI is InChI=1S/C27H18N4O2/c32-27(33)24-9-5-8-21(30-24)19-12-10-18(11-13-19)20-16-25(22-6-1-3-14-28-22)31-26(17-20)23-7-2-4-15-29-23/h1-17H,(H,32,33). The Bertz CT molecular complexity index is 1360. The van der Waals surface area contributed by atoms with Gasteiger partial charge in [-0.2, -0.15) is 0 Å². The van der Waals surface area contributed by atoms with Gasteiger partial charge in [-0.1, -0.05) is 42.5 Å². The molecule has 0 saturated heterocycles. The molecule has 158 valence electrons. The van der Waals surface area contributed by atoms with Crippen LogP contribution in [0.25, 0.3) is 45.2 Å². The number of carboxylic acids is 1. The van der Waals surface area contributed by atoms with Crippen molar-refractivity contribution in [3.8, 4) is 45.2 Å². The molecule has 4 heterocycles. The average Bonchev–Trinajstić information content (AvgIpc) is 2.89. The van der Waals surface area contributed by atoms with Gasteiger partial charge in [0.1, 0.15) is 5.69 Å². The molecule has 0 unspecified atom stereocenters. The van der Waals surface area contributed by atoms with Crippen LogP contribution in [0.1, 0.15) is 10.5 Å². The number of carboxylic acid groups (broad SMARTS) is 1. The van der Waals surface area contributed by atoms with Crippen molar-refractivity contribution in [1.82, 2.24) is 19.9 Å². The fraction of sp³-hybridized carbons (Fsp3) is 0. The number of nitrogens with zero attached hydrogens (tertiary/aromatic N) is 4. The van der Waals surface area contributed by atoms with E-state index in [2.05, 4.69) is 15.0 Å². The van der Waals surface area contributed by atoms with Crippen LogP contribution in [0.15, 0.2) is 103 Å². The molecule has 0 atom stereocenters. The van der Waals surface area contributed by atoms with Gasteiger partial charge >= 0.3 is 5.97 Å². The minimum atomic E-state index is -1.05. The van der Waals surface area contributed by atoms with Crippen LogP contribution < -0.4 is 0 Å². The third-order valence-corrected chi connectivity index (χ3v) is 5.16. The summed E-state index contributed by atoms with van der Waals surface area (Å²) in [6.07, 6.45) is 3.49. The van der Waals surface area contributed by atoms with Gasteiger partial charge in [0, 0.05) is 18.0 Å². The molecule has 0 bridgehead atoms. The average molecular weight is 430 g/mol. The van der Waals surface area contributed by atoms with Crippen molar-refractivity contribution >= 4 is 5.97 Å². The normalized spacial score (nSPS) is 10.7. The first-order valence-corrected chi connectivity index (χ1v) is 10.3. The van der Waals surface area contributed by atoms with E-state index >= 15 is 0 Å². The quantitative estimate of drug-likeness (QED) is 0.389. The Morgan fingerprint density at radius 3 is 1.67 bits per heavy atom. The SMILES string of the molecule is O=C(O)c1cccc(-c2ccc(-c3cc(-c4ccccn4)nc(-c4ccccn4)c3)cc2)n1. The summed E-state index contributed by atoms with van der Waals surface area (Å²) < 4.78 is 0. The molecule has 33 heavy (non-hydrogen) atoms. The summed E-state index contributed by atoms with van der Waals surface area (Å²) >= 11 is 0. The van der Waals surface area contributed by atoms with Gasteiger partial charge < -0.3 is 5.11 Å². The largest absolute Gasteiger partial charge is 0.477 e. The predicted octanol–water partition coefficient (Wildman–Crippen LogP) is 5.63. The third-order valence-electron chi connectivity index (χ3n) is 5.16. The van der Waals surface area contributed by atoms with Gasteiger partial charge in [-0.25, -0.2) is 14.8 Å². The lowest BCUT2D eigenvalue weighted by atomic mass is 10.0. The van der Waals surface area contributed by atoms with Crippen molar-refractivity contribution in [2.45, 2.75) is 0 Å². The maximum Gasteiger partial charge on any atom is 0.354 e. The molecule has 0 aliphatic heterocycles. The molecule has 0 fully saturated rings. The van der Waals surface area contributed by atoms with E-state index in [0.717, 1.165) is 39.5 Å². The Kier molecular flexibility index (Phi) is 5.39. The van der Waals surface area contributed by atoms with Gasteiger partial charge in [0.05, 0.1) is 28.5 Å². The number of carbonyl (C=O) groups is 1. The summed E-state index contributed by atoms with van der Waals surface area (Å²) in [4.78, 5) is 29.2. The van der Waals surface area contributed by atoms with E-state index in [0.29, 0.717) is 5.69 Å². The van der Waals surface area contributed by atoms with Crippen LogP contribution >= 0.6 is 0 Å². The van der Waals surface area contributed by atoms with Crippen molar-refractivity contribution in [3.05, 3.63) is 109 Å². The van der Waals surface area contributed by atoms with Gasteiger partial charge in [-0.15, -0.1) is 0 Å². The molecule has 0 spiro atoms. The first kappa shape index (κ1) is 20.2. The van der Waals surface area contributed by atoms with Crippen molar-refractivity contribution in [2.75, 3.05) is 0 Å². The Balaban J connectivity index is 1.57. The Morgan fingerprint density at radius 2 is 1.12 bits per heavy atom.